The highest BCUT2D eigenvalue weighted by Crippen LogP contribution is 1.98. The molecule has 104 valence electrons. The lowest BCUT2D eigenvalue weighted by Gasteiger charge is -2.15. The average molecular weight is 272 g/mol. The van der Waals surface area contributed by atoms with E-state index in [0.29, 0.717) is 0 Å². The number of aliphatic carboxylic acids is 3. The van der Waals surface area contributed by atoms with Gasteiger partial charge < -0.3 is 26.0 Å². The number of hydrogen-bond acceptors (Lipinski definition) is 4. The predicted molar refractivity (Wildman–Crippen MR) is 60.2 cm³/mol. The van der Waals surface area contributed by atoms with Crippen LogP contribution in [0.1, 0.15) is 12.8 Å². The molecule has 19 heavy (non-hydrogen) atoms. The SMILES string of the molecule is C#C[C@H](NC(=O)N[C@@H](CCC(=O)O)C(=O)O)C(=O)O. The number of rotatable bonds is 7. The third kappa shape index (κ3) is 6.52. The number of carbonyl (C=O) groups excluding carboxylic acids is 1. The summed E-state index contributed by atoms with van der Waals surface area (Å²) in [5.41, 5.74) is 0. The van der Waals surface area contributed by atoms with Gasteiger partial charge in [-0.05, 0) is 6.42 Å². The summed E-state index contributed by atoms with van der Waals surface area (Å²) < 4.78 is 0. The second-order valence-corrected chi connectivity index (χ2v) is 3.38. The minimum atomic E-state index is -1.60. The Kier molecular flexibility index (Phi) is 6.45. The number of terminal acetylenes is 1. The average Bonchev–Trinajstić information content (AvgIpc) is 2.30. The molecule has 0 unspecified atom stereocenters. The van der Waals surface area contributed by atoms with Gasteiger partial charge in [0, 0.05) is 6.42 Å². The third-order valence-corrected chi connectivity index (χ3v) is 1.94. The van der Waals surface area contributed by atoms with Gasteiger partial charge in [0.1, 0.15) is 6.04 Å². The number of nitrogens with one attached hydrogen (secondary N) is 2. The zero-order chi connectivity index (χ0) is 15.0. The van der Waals surface area contributed by atoms with E-state index >= 15 is 0 Å². The molecule has 5 N–H and O–H groups in total. The summed E-state index contributed by atoms with van der Waals surface area (Å²) in [6, 6.07) is -4.17. The van der Waals surface area contributed by atoms with E-state index < -0.39 is 42.4 Å². The number of hydrogen-bond donors (Lipinski definition) is 5. The van der Waals surface area contributed by atoms with Gasteiger partial charge in [0.25, 0.3) is 0 Å². The summed E-state index contributed by atoms with van der Waals surface area (Å²) in [6.45, 7) is 0. The van der Waals surface area contributed by atoms with Gasteiger partial charge in [-0.2, -0.15) is 0 Å². The molecule has 0 radical (unpaired) electrons. The number of carboxylic acid groups (broad SMARTS) is 3. The van der Waals surface area contributed by atoms with Crippen LogP contribution < -0.4 is 10.6 Å². The minimum Gasteiger partial charge on any atom is -0.481 e. The van der Waals surface area contributed by atoms with Crippen LogP contribution in [0.3, 0.4) is 0 Å². The zero-order valence-electron chi connectivity index (χ0n) is 9.62. The largest absolute Gasteiger partial charge is 0.481 e. The van der Waals surface area contributed by atoms with Gasteiger partial charge in [-0.1, -0.05) is 5.92 Å². The van der Waals surface area contributed by atoms with Crippen molar-refractivity contribution in [1.29, 1.82) is 0 Å². The van der Waals surface area contributed by atoms with Crippen LogP contribution in [0.4, 0.5) is 4.79 Å². The smallest absolute Gasteiger partial charge is 0.338 e. The van der Waals surface area contributed by atoms with Crippen molar-refractivity contribution in [3.63, 3.8) is 0 Å². The van der Waals surface area contributed by atoms with Crippen LogP contribution in [0.5, 0.6) is 0 Å². The summed E-state index contributed by atoms with van der Waals surface area (Å²) in [7, 11) is 0. The summed E-state index contributed by atoms with van der Waals surface area (Å²) in [4.78, 5) is 42.9. The fourth-order valence-electron chi connectivity index (χ4n) is 1.03. The fraction of sp³-hybridized carbons (Fsp3) is 0.400. The lowest BCUT2D eigenvalue weighted by Crippen LogP contribution is -2.50. The number of carboxylic acids is 3. The molecule has 0 aliphatic carbocycles. The van der Waals surface area contributed by atoms with E-state index in [9.17, 15) is 19.2 Å². The van der Waals surface area contributed by atoms with E-state index in [-0.39, 0.29) is 6.42 Å². The van der Waals surface area contributed by atoms with Gasteiger partial charge >= 0.3 is 23.9 Å². The van der Waals surface area contributed by atoms with Gasteiger partial charge in [0.05, 0.1) is 0 Å². The van der Waals surface area contributed by atoms with Crippen LogP contribution in [0, 0.1) is 12.3 Å². The van der Waals surface area contributed by atoms with E-state index in [0.717, 1.165) is 0 Å². The van der Waals surface area contributed by atoms with Gasteiger partial charge in [-0.3, -0.25) is 4.79 Å². The van der Waals surface area contributed by atoms with Crippen molar-refractivity contribution < 1.29 is 34.5 Å². The van der Waals surface area contributed by atoms with Crippen LogP contribution in [0.15, 0.2) is 0 Å². The summed E-state index contributed by atoms with van der Waals surface area (Å²) in [5.74, 6) is -2.37. The highest BCUT2D eigenvalue weighted by atomic mass is 16.4. The van der Waals surface area contributed by atoms with Crippen molar-refractivity contribution in [3.8, 4) is 12.3 Å². The van der Waals surface area contributed by atoms with Crippen molar-refractivity contribution in [2.75, 3.05) is 0 Å². The Morgan fingerprint density at radius 1 is 1.05 bits per heavy atom. The van der Waals surface area contributed by atoms with Crippen molar-refractivity contribution in [2.24, 2.45) is 0 Å². The van der Waals surface area contributed by atoms with Gasteiger partial charge in [0.15, 0.2) is 6.04 Å². The summed E-state index contributed by atoms with van der Waals surface area (Å²) in [5, 5.41) is 29.5. The summed E-state index contributed by atoms with van der Waals surface area (Å²) >= 11 is 0. The van der Waals surface area contributed by atoms with E-state index in [2.05, 4.69) is 0 Å². The Hall–Kier alpha value is -2.76. The molecular formula is C10H12N2O7. The van der Waals surface area contributed by atoms with Crippen LogP contribution in [0.25, 0.3) is 0 Å². The molecule has 9 heteroatoms. The Bertz CT molecular complexity index is 426. The lowest BCUT2D eigenvalue weighted by atomic mass is 10.1. The molecule has 0 rings (SSSR count). The molecule has 2 atom stereocenters. The Morgan fingerprint density at radius 3 is 2.00 bits per heavy atom. The first kappa shape index (κ1) is 16.2. The molecule has 0 spiro atoms. The molecule has 0 bridgehead atoms. The third-order valence-electron chi connectivity index (χ3n) is 1.94. The highest BCUT2D eigenvalue weighted by molar-refractivity contribution is 5.87. The molecule has 0 aliphatic heterocycles. The molecule has 0 fully saturated rings. The van der Waals surface area contributed by atoms with Crippen molar-refractivity contribution >= 4 is 23.9 Å². The second-order valence-electron chi connectivity index (χ2n) is 3.38. The first-order chi connectivity index (χ1) is 8.77. The molecule has 0 aromatic rings. The second kappa shape index (κ2) is 7.54. The predicted octanol–water partition coefficient (Wildman–Crippen LogP) is -1.31. The molecule has 0 saturated carbocycles. The highest BCUT2D eigenvalue weighted by Gasteiger charge is 2.23. The quantitative estimate of drug-likeness (QED) is 0.360. The molecule has 0 heterocycles. The molecule has 9 nitrogen and oxygen atoms in total. The van der Waals surface area contributed by atoms with E-state index in [1.807, 2.05) is 10.6 Å². The van der Waals surface area contributed by atoms with Crippen LogP contribution >= 0.6 is 0 Å². The zero-order valence-corrected chi connectivity index (χ0v) is 9.62. The number of urea groups is 1. The normalized spacial score (nSPS) is 12.6. The number of carbonyl (C=O) groups is 4. The summed E-state index contributed by atoms with van der Waals surface area (Å²) in [6.07, 6.45) is 4.04. The van der Waals surface area contributed by atoms with Crippen molar-refractivity contribution in [3.05, 3.63) is 0 Å². The maximum absolute atomic E-state index is 11.3. The molecule has 0 aromatic carbocycles. The van der Waals surface area contributed by atoms with Crippen LogP contribution in [0.2, 0.25) is 0 Å². The van der Waals surface area contributed by atoms with E-state index in [1.165, 1.54) is 0 Å². The standard InChI is InChI=1S/C10H12N2O7/c1-2-5(8(15)16)11-10(19)12-6(9(17)18)3-4-7(13)14/h1,5-6H,3-4H2,(H,13,14)(H,15,16)(H,17,18)(H2,11,12,19)/t5-,6-/m0/s1. The first-order valence-corrected chi connectivity index (χ1v) is 4.98. The topological polar surface area (TPSA) is 153 Å². The maximum atomic E-state index is 11.3. The fourth-order valence-corrected chi connectivity index (χ4v) is 1.03. The van der Waals surface area contributed by atoms with Gasteiger partial charge in [0.2, 0.25) is 0 Å². The lowest BCUT2D eigenvalue weighted by molar-refractivity contribution is -0.140. The Balaban J connectivity index is 4.48. The van der Waals surface area contributed by atoms with Crippen LogP contribution in [-0.2, 0) is 14.4 Å². The Morgan fingerprint density at radius 2 is 1.63 bits per heavy atom. The van der Waals surface area contributed by atoms with Crippen molar-refractivity contribution in [1.82, 2.24) is 10.6 Å². The van der Waals surface area contributed by atoms with Crippen LogP contribution in [-0.4, -0.2) is 51.3 Å². The molecule has 0 aliphatic rings. The van der Waals surface area contributed by atoms with E-state index in [1.54, 1.807) is 5.92 Å². The van der Waals surface area contributed by atoms with E-state index in [4.69, 9.17) is 21.7 Å². The van der Waals surface area contributed by atoms with Gasteiger partial charge in [-0.15, -0.1) is 6.42 Å². The molecule has 0 saturated heterocycles. The van der Waals surface area contributed by atoms with Crippen molar-refractivity contribution in [2.45, 2.75) is 24.9 Å². The monoisotopic (exact) mass is 272 g/mol. The molecule has 2 amide bonds. The minimum absolute atomic E-state index is 0.341. The molecular weight excluding hydrogens is 260 g/mol. The molecule has 0 aromatic heterocycles. The maximum Gasteiger partial charge on any atom is 0.338 e. The van der Waals surface area contributed by atoms with Gasteiger partial charge in [-0.25, -0.2) is 14.4 Å². The Labute approximate surface area is 107 Å². The first-order valence-electron chi connectivity index (χ1n) is 4.98. The number of amides is 2.